The average Bonchev–Trinajstić information content (AvgIpc) is 2.80. The summed E-state index contributed by atoms with van der Waals surface area (Å²) < 4.78 is 0. The SMILES string of the molecule is O=C(NC1(C(=O)O)CC=CS1)c1ccccc1. The molecule has 2 N–H and O–H groups in total. The summed E-state index contributed by atoms with van der Waals surface area (Å²) in [6.45, 7) is 0. The Morgan fingerprint density at radius 1 is 1.29 bits per heavy atom. The maximum absolute atomic E-state index is 11.9. The molecule has 1 aliphatic rings. The molecule has 1 atom stereocenters. The van der Waals surface area contributed by atoms with Crippen LogP contribution in [-0.4, -0.2) is 21.9 Å². The molecule has 1 unspecified atom stereocenters. The maximum atomic E-state index is 11.9. The first-order chi connectivity index (χ1) is 8.14. The van der Waals surface area contributed by atoms with E-state index >= 15 is 0 Å². The van der Waals surface area contributed by atoms with Gasteiger partial charge in [-0.3, -0.25) is 4.79 Å². The monoisotopic (exact) mass is 249 g/mol. The van der Waals surface area contributed by atoms with Crippen molar-refractivity contribution in [3.05, 3.63) is 47.4 Å². The Hall–Kier alpha value is -1.75. The number of carboxylic acids is 1. The van der Waals surface area contributed by atoms with Crippen molar-refractivity contribution in [1.82, 2.24) is 5.32 Å². The van der Waals surface area contributed by atoms with Crippen molar-refractivity contribution in [3.63, 3.8) is 0 Å². The van der Waals surface area contributed by atoms with Gasteiger partial charge in [0.1, 0.15) is 0 Å². The first-order valence-corrected chi connectivity index (χ1v) is 5.96. The number of carbonyl (C=O) groups is 2. The van der Waals surface area contributed by atoms with Crippen LogP contribution in [-0.2, 0) is 4.79 Å². The van der Waals surface area contributed by atoms with Gasteiger partial charge in [0.25, 0.3) is 5.91 Å². The van der Waals surface area contributed by atoms with E-state index in [1.54, 1.807) is 41.8 Å². The fourth-order valence-electron chi connectivity index (χ4n) is 1.54. The number of nitrogens with one attached hydrogen (secondary N) is 1. The van der Waals surface area contributed by atoms with E-state index in [0.29, 0.717) is 12.0 Å². The van der Waals surface area contributed by atoms with Crippen molar-refractivity contribution < 1.29 is 14.7 Å². The van der Waals surface area contributed by atoms with E-state index in [2.05, 4.69) is 5.32 Å². The molecule has 0 fully saturated rings. The number of aliphatic carboxylic acids is 1. The van der Waals surface area contributed by atoms with Gasteiger partial charge in [0.05, 0.1) is 0 Å². The van der Waals surface area contributed by atoms with E-state index in [1.807, 2.05) is 0 Å². The molecule has 0 saturated heterocycles. The molecule has 2 rings (SSSR count). The zero-order chi connectivity index (χ0) is 12.3. The largest absolute Gasteiger partial charge is 0.479 e. The molecule has 1 aliphatic heterocycles. The molecule has 0 aliphatic carbocycles. The van der Waals surface area contributed by atoms with Crippen LogP contribution < -0.4 is 5.32 Å². The third kappa shape index (κ3) is 2.34. The number of thioether (sulfide) groups is 1. The van der Waals surface area contributed by atoms with Crippen molar-refractivity contribution >= 4 is 23.6 Å². The molecule has 17 heavy (non-hydrogen) atoms. The highest BCUT2D eigenvalue weighted by molar-refractivity contribution is 8.04. The van der Waals surface area contributed by atoms with Crippen LogP contribution in [0.1, 0.15) is 16.8 Å². The summed E-state index contributed by atoms with van der Waals surface area (Å²) in [7, 11) is 0. The molecule has 0 aromatic heterocycles. The van der Waals surface area contributed by atoms with Gasteiger partial charge in [0.2, 0.25) is 0 Å². The van der Waals surface area contributed by atoms with Crippen molar-refractivity contribution in [1.29, 1.82) is 0 Å². The summed E-state index contributed by atoms with van der Waals surface area (Å²) in [6, 6.07) is 8.58. The van der Waals surface area contributed by atoms with Gasteiger partial charge < -0.3 is 10.4 Å². The Labute approximate surface area is 103 Å². The van der Waals surface area contributed by atoms with Crippen LogP contribution in [0.4, 0.5) is 0 Å². The summed E-state index contributed by atoms with van der Waals surface area (Å²) in [6.07, 6.45) is 2.04. The number of carbonyl (C=O) groups excluding carboxylic acids is 1. The number of amides is 1. The van der Waals surface area contributed by atoms with Crippen molar-refractivity contribution in [2.24, 2.45) is 0 Å². The van der Waals surface area contributed by atoms with E-state index in [-0.39, 0.29) is 5.91 Å². The van der Waals surface area contributed by atoms with Crippen LogP contribution in [0.5, 0.6) is 0 Å². The molecule has 5 heteroatoms. The van der Waals surface area contributed by atoms with Crippen LogP contribution in [0.2, 0.25) is 0 Å². The predicted octanol–water partition coefficient (Wildman–Crippen LogP) is 1.85. The van der Waals surface area contributed by atoms with Crippen LogP contribution in [0.15, 0.2) is 41.8 Å². The number of benzene rings is 1. The Balaban J connectivity index is 2.15. The van der Waals surface area contributed by atoms with Gasteiger partial charge in [-0.2, -0.15) is 0 Å². The first-order valence-electron chi connectivity index (χ1n) is 5.08. The first kappa shape index (κ1) is 11.7. The highest BCUT2D eigenvalue weighted by atomic mass is 32.2. The number of rotatable bonds is 3. The van der Waals surface area contributed by atoms with Crippen molar-refractivity contribution in [2.75, 3.05) is 0 Å². The molecule has 0 radical (unpaired) electrons. The summed E-state index contributed by atoms with van der Waals surface area (Å²) in [5.41, 5.74) is 0.459. The third-order valence-corrected chi connectivity index (χ3v) is 3.64. The van der Waals surface area contributed by atoms with Crippen LogP contribution in [0, 0.1) is 0 Å². The highest BCUT2D eigenvalue weighted by Gasteiger charge is 2.41. The Bertz CT molecular complexity index is 462. The zero-order valence-electron chi connectivity index (χ0n) is 8.92. The maximum Gasteiger partial charge on any atom is 0.340 e. The Kier molecular flexibility index (Phi) is 3.19. The topological polar surface area (TPSA) is 66.4 Å². The lowest BCUT2D eigenvalue weighted by atomic mass is 10.1. The molecule has 1 aromatic carbocycles. The van der Waals surface area contributed by atoms with Gasteiger partial charge in [-0.1, -0.05) is 36.0 Å². The molecule has 0 saturated carbocycles. The molecule has 1 aromatic rings. The molecular weight excluding hydrogens is 238 g/mol. The van der Waals surface area contributed by atoms with E-state index < -0.39 is 10.8 Å². The fraction of sp³-hybridized carbons (Fsp3) is 0.167. The van der Waals surface area contributed by atoms with E-state index in [1.165, 1.54) is 0 Å². The average molecular weight is 249 g/mol. The fourth-order valence-corrected chi connectivity index (χ4v) is 2.41. The lowest BCUT2D eigenvalue weighted by Gasteiger charge is -2.24. The predicted molar refractivity (Wildman–Crippen MR) is 65.6 cm³/mol. The molecule has 1 heterocycles. The Morgan fingerprint density at radius 2 is 2.00 bits per heavy atom. The van der Waals surface area contributed by atoms with E-state index in [9.17, 15) is 14.7 Å². The number of hydrogen-bond acceptors (Lipinski definition) is 3. The minimum absolute atomic E-state index is 0.297. The minimum Gasteiger partial charge on any atom is -0.479 e. The van der Waals surface area contributed by atoms with Crippen molar-refractivity contribution in [3.8, 4) is 0 Å². The molecule has 0 bridgehead atoms. The second-order valence-corrected chi connectivity index (χ2v) is 4.85. The Morgan fingerprint density at radius 3 is 2.53 bits per heavy atom. The number of hydrogen-bond donors (Lipinski definition) is 2. The second kappa shape index (κ2) is 4.63. The summed E-state index contributed by atoms with van der Waals surface area (Å²) >= 11 is 1.11. The lowest BCUT2D eigenvalue weighted by Crippen LogP contribution is -2.50. The zero-order valence-corrected chi connectivity index (χ0v) is 9.74. The van der Waals surface area contributed by atoms with Crippen LogP contribution in [0.3, 0.4) is 0 Å². The second-order valence-electron chi connectivity index (χ2n) is 3.65. The third-order valence-electron chi connectivity index (χ3n) is 2.47. The molecule has 0 spiro atoms. The molecule has 4 nitrogen and oxygen atoms in total. The summed E-state index contributed by atoms with van der Waals surface area (Å²) in [5.74, 6) is -1.40. The number of carboxylic acid groups (broad SMARTS) is 1. The molecule has 1 amide bonds. The normalized spacial score (nSPS) is 22.4. The van der Waals surface area contributed by atoms with Gasteiger partial charge in [-0.25, -0.2) is 4.79 Å². The van der Waals surface area contributed by atoms with E-state index in [0.717, 1.165) is 11.8 Å². The van der Waals surface area contributed by atoms with Crippen molar-refractivity contribution in [2.45, 2.75) is 11.3 Å². The smallest absolute Gasteiger partial charge is 0.340 e. The van der Waals surface area contributed by atoms with Gasteiger partial charge in [-0.15, -0.1) is 0 Å². The summed E-state index contributed by atoms with van der Waals surface area (Å²) in [4.78, 5) is 21.9. The highest BCUT2D eigenvalue weighted by Crippen LogP contribution is 2.34. The van der Waals surface area contributed by atoms with Crippen LogP contribution >= 0.6 is 11.8 Å². The van der Waals surface area contributed by atoms with Gasteiger partial charge >= 0.3 is 5.97 Å². The summed E-state index contributed by atoms with van der Waals surface area (Å²) in [5, 5.41) is 13.4. The van der Waals surface area contributed by atoms with E-state index in [4.69, 9.17) is 0 Å². The molecular formula is C12H11NO3S. The lowest BCUT2D eigenvalue weighted by molar-refractivity contribution is -0.140. The molecule has 88 valence electrons. The van der Waals surface area contributed by atoms with Crippen LogP contribution in [0.25, 0.3) is 0 Å². The quantitative estimate of drug-likeness (QED) is 0.858. The van der Waals surface area contributed by atoms with Gasteiger partial charge in [-0.05, 0) is 17.5 Å². The van der Waals surface area contributed by atoms with Gasteiger partial charge in [0, 0.05) is 12.0 Å². The standard InChI is InChI=1S/C12H11NO3S/c14-10(9-5-2-1-3-6-9)13-12(11(15)16)7-4-8-17-12/h1-6,8H,7H2,(H,13,14)(H,15,16). The minimum atomic E-state index is -1.26. The van der Waals surface area contributed by atoms with Gasteiger partial charge in [0.15, 0.2) is 4.87 Å².